The molecule has 0 bridgehead atoms. The third-order valence-electron chi connectivity index (χ3n) is 7.27. The average molecular weight is 517 g/mol. The van der Waals surface area contributed by atoms with E-state index in [1.165, 1.54) is 37.2 Å². The van der Waals surface area contributed by atoms with E-state index >= 15 is 0 Å². The van der Waals surface area contributed by atoms with Crippen molar-refractivity contribution in [2.24, 2.45) is 5.92 Å². The van der Waals surface area contributed by atoms with Crippen LogP contribution in [-0.2, 0) is 10.0 Å². The third-order valence-corrected chi connectivity index (χ3v) is 10.9. The lowest BCUT2D eigenvalue weighted by Crippen LogP contribution is -2.52. The maximum absolute atomic E-state index is 13.6. The molecule has 9 nitrogen and oxygen atoms in total. The number of thioether (sulfide) groups is 1. The summed E-state index contributed by atoms with van der Waals surface area (Å²) in [6.45, 7) is 4.04. The number of aryl methyl sites for hydroxylation is 1. The molecule has 1 saturated carbocycles. The molecule has 186 valence electrons. The number of rotatable bonds is 7. The van der Waals surface area contributed by atoms with E-state index in [9.17, 15) is 18.3 Å². The highest BCUT2D eigenvalue weighted by atomic mass is 32.2. The Hall–Kier alpha value is -2.47. The second-order valence-electron chi connectivity index (χ2n) is 9.53. The van der Waals surface area contributed by atoms with Gasteiger partial charge in [-0.05, 0) is 60.4 Å². The monoisotopic (exact) mass is 516 g/mol. The van der Waals surface area contributed by atoms with E-state index in [1.54, 1.807) is 12.1 Å². The quantitative estimate of drug-likeness (QED) is 0.534. The molecule has 2 aliphatic heterocycles. The molecule has 2 fully saturated rings. The Morgan fingerprint density at radius 2 is 2.00 bits per heavy atom. The molecule has 1 amide bonds. The fourth-order valence-electron chi connectivity index (χ4n) is 5.02. The van der Waals surface area contributed by atoms with Crippen LogP contribution in [0, 0.1) is 12.8 Å². The molecule has 3 heterocycles. The topological polar surface area (TPSA) is 112 Å². The van der Waals surface area contributed by atoms with Gasteiger partial charge in [0.05, 0.1) is 0 Å². The molecule has 1 aromatic carbocycles. The summed E-state index contributed by atoms with van der Waals surface area (Å²) in [5.74, 6) is 2.29. The summed E-state index contributed by atoms with van der Waals surface area (Å²) in [5, 5.41) is 14.3. The first-order valence-electron chi connectivity index (χ1n) is 11.8. The highest BCUT2D eigenvalue weighted by Crippen LogP contribution is 2.45. The predicted octanol–water partition coefficient (Wildman–Crippen LogP) is 3.45. The Morgan fingerprint density at radius 1 is 1.26 bits per heavy atom. The summed E-state index contributed by atoms with van der Waals surface area (Å²) < 4.78 is 25.9. The highest BCUT2D eigenvalue weighted by molar-refractivity contribution is 7.99. The fraction of sp³-hybridized carbons (Fsp3) is 0.458. The minimum absolute atomic E-state index is 0.0601. The van der Waals surface area contributed by atoms with Gasteiger partial charge in [-0.1, -0.05) is 17.7 Å². The lowest BCUT2D eigenvalue weighted by molar-refractivity contribution is 0.182. The van der Waals surface area contributed by atoms with Crippen LogP contribution >= 0.6 is 11.8 Å². The summed E-state index contributed by atoms with van der Waals surface area (Å²) in [6.07, 6.45) is 5.74. The van der Waals surface area contributed by atoms with Crippen LogP contribution in [-0.4, -0.2) is 66.8 Å². The van der Waals surface area contributed by atoms with Crippen molar-refractivity contribution in [1.82, 2.24) is 19.2 Å². The van der Waals surface area contributed by atoms with Crippen LogP contribution in [0.2, 0.25) is 0 Å². The first kappa shape index (κ1) is 24.2. The van der Waals surface area contributed by atoms with Crippen LogP contribution in [0.1, 0.15) is 30.4 Å². The van der Waals surface area contributed by atoms with Gasteiger partial charge in [0, 0.05) is 31.0 Å². The molecule has 2 atom stereocenters. The number of quaternary nitrogens is 1. The number of hydrogen-bond donors (Lipinski definition) is 2. The Morgan fingerprint density at radius 3 is 2.66 bits per heavy atom. The lowest BCUT2D eigenvalue weighted by atomic mass is 9.80. The molecule has 35 heavy (non-hydrogen) atoms. The second-order valence-corrected chi connectivity index (χ2v) is 12.9. The molecule has 3 aliphatic rings. The van der Waals surface area contributed by atoms with Crippen molar-refractivity contribution in [1.29, 1.82) is 0 Å². The molecule has 0 spiro atoms. The number of benzene rings is 1. The zero-order chi connectivity index (χ0) is 24.8. The lowest BCUT2D eigenvalue weighted by Gasteiger charge is -2.42. The SMILES string of the molecule is Cc1ccc(S(=O)(=O)[N+]2(C(=O)O)C=Cc3c(N(C)[C@H]4C[C@@H](CSC5CCNC5)C4)ncnc32)cc1. The van der Waals surface area contributed by atoms with E-state index < -0.39 is 20.0 Å². The Bertz CT molecular complexity index is 1260. The minimum Gasteiger partial charge on any atom is -0.434 e. The summed E-state index contributed by atoms with van der Waals surface area (Å²) in [5.41, 5.74) is 1.31. The van der Waals surface area contributed by atoms with Crippen LogP contribution in [0.4, 0.5) is 16.4 Å². The number of fused-ring (bicyclic) bond motifs is 1. The van der Waals surface area contributed by atoms with Crippen molar-refractivity contribution in [2.75, 3.05) is 30.8 Å². The van der Waals surface area contributed by atoms with E-state index in [1.807, 2.05) is 30.6 Å². The van der Waals surface area contributed by atoms with Gasteiger partial charge in [-0.3, -0.25) is 0 Å². The molecule has 5 rings (SSSR count). The van der Waals surface area contributed by atoms with Gasteiger partial charge in [-0.2, -0.15) is 30.0 Å². The number of aromatic nitrogens is 2. The maximum Gasteiger partial charge on any atom is 0.541 e. The van der Waals surface area contributed by atoms with E-state index in [-0.39, 0.29) is 16.8 Å². The number of carboxylic acid groups (broad SMARTS) is 1. The van der Waals surface area contributed by atoms with Gasteiger partial charge >= 0.3 is 16.1 Å². The number of carbonyl (C=O) groups is 1. The molecule has 1 aliphatic carbocycles. The summed E-state index contributed by atoms with van der Waals surface area (Å²) in [4.78, 5) is 23.1. The molecular weight excluding hydrogens is 486 g/mol. The van der Waals surface area contributed by atoms with Gasteiger partial charge in [-0.15, -0.1) is 0 Å². The normalized spacial score (nSPS) is 27.4. The number of hydrogen-bond acceptors (Lipinski definition) is 8. The molecule has 2 unspecified atom stereocenters. The number of amides is 1. The molecular formula is C24H30N5O4S2+. The van der Waals surface area contributed by atoms with Crippen molar-refractivity contribution in [3.05, 3.63) is 47.9 Å². The smallest absolute Gasteiger partial charge is 0.434 e. The van der Waals surface area contributed by atoms with Crippen LogP contribution in [0.3, 0.4) is 0 Å². The van der Waals surface area contributed by atoms with Crippen LogP contribution in [0.15, 0.2) is 41.7 Å². The second kappa shape index (κ2) is 9.20. The largest absolute Gasteiger partial charge is 0.541 e. The van der Waals surface area contributed by atoms with E-state index in [4.69, 9.17) is 0 Å². The van der Waals surface area contributed by atoms with Crippen molar-refractivity contribution in [3.8, 4) is 0 Å². The Labute approximate surface area is 209 Å². The van der Waals surface area contributed by atoms with Crippen LogP contribution < -0.4 is 14.1 Å². The van der Waals surface area contributed by atoms with Gasteiger partial charge in [0.15, 0.2) is 0 Å². The predicted molar refractivity (Wildman–Crippen MR) is 138 cm³/mol. The van der Waals surface area contributed by atoms with Crippen LogP contribution in [0.5, 0.6) is 0 Å². The zero-order valence-electron chi connectivity index (χ0n) is 19.8. The standard InChI is InChI=1S/C24H29N5O4S2/c1-16-3-5-20(6-4-16)35(32,33)29(24(30)31)10-8-21-22(26-15-27-23(21)29)28(2)18-11-17(12-18)14-34-19-7-9-25-13-19/h3-6,8,10,15,17-19,25H,7,9,11-14H2,1-2H3/p+1/t17-,18+,19?,29?. The van der Waals surface area contributed by atoms with Crippen LogP contribution in [0.25, 0.3) is 6.08 Å². The number of nitrogens with zero attached hydrogens (tertiary/aromatic N) is 4. The Kier molecular flexibility index (Phi) is 6.37. The van der Waals surface area contributed by atoms with Crippen molar-refractivity contribution >= 4 is 45.6 Å². The van der Waals surface area contributed by atoms with E-state index in [0.29, 0.717) is 22.5 Å². The van der Waals surface area contributed by atoms with Gasteiger partial charge in [-0.25, -0.2) is 4.98 Å². The first-order valence-corrected chi connectivity index (χ1v) is 14.3. The van der Waals surface area contributed by atoms with Crippen molar-refractivity contribution < 1.29 is 18.3 Å². The van der Waals surface area contributed by atoms with E-state index in [2.05, 4.69) is 15.3 Å². The van der Waals surface area contributed by atoms with Gasteiger partial charge in [0.1, 0.15) is 28.8 Å². The zero-order valence-corrected chi connectivity index (χ0v) is 21.4. The first-order chi connectivity index (χ1) is 16.7. The molecule has 2 aromatic rings. The molecule has 11 heteroatoms. The molecule has 2 N–H and O–H groups in total. The summed E-state index contributed by atoms with van der Waals surface area (Å²) in [6, 6.07) is 6.44. The molecule has 1 saturated heterocycles. The molecule has 1 aromatic heterocycles. The average Bonchev–Trinajstić information content (AvgIpc) is 3.46. The number of nitrogens with one attached hydrogen (secondary N) is 1. The number of anilines is 1. The Balaban J connectivity index is 1.39. The number of sulfonamides is 1. The summed E-state index contributed by atoms with van der Waals surface area (Å²) >= 11 is 2.05. The van der Waals surface area contributed by atoms with Crippen molar-refractivity contribution in [3.63, 3.8) is 0 Å². The minimum atomic E-state index is -4.37. The summed E-state index contributed by atoms with van der Waals surface area (Å²) in [7, 11) is -2.44. The van der Waals surface area contributed by atoms with E-state index in [0.717, 1.165) is 37.2 Å². The van der Waals surface area contributed by atoms with Gasteiger partial charge < -0.3 is 15.3 Å². The third kappa shape index (κ3) is 4.04. The maximum atomic E-state index is 13.6. The fourth-order valence-corrected chi connectivity index (χ4v) is 7.97. The van der Waals surface area contributed by atoms with Gasteiger partial charge in [0.2, 0.25) is 0 Å². The van der Waals surface area contributed by atoms with Crippen molar-refractivity contribution in [2.45, 2.75) is 42.4 Å². The van der Waals surface area contributed by atoms with Gasteiger partial charge in [0.25, 0.3) is 5.82 Å². The highest BCUT2D eigenvalue weighted by Gasteiger charge is 2.57. The molecule has 0 radical (unpaired) electrons.